The Morgan fingerprint density at radius 2 is 1.10 bits per heavy atom. The molecule has 2 heterocycles. The molecular formula is C56H51NO2. The van der Waals surface area contributed by atoms with E-state index < -0.39 is 0 Å². The van der Waals surface area contributed by atoms with Gasteiger partial charge in [0.25, 0.3) is 0 Å². The molecule has 3 heteroatoms. The molecule has 0 atom stereocenters. The first-order valence-electron chi connectivity index (χ1n) is 21.2. The quantitative estimate of drug-likeness (QED) is 0.179. The Bertz CT molecular complexity index is 3240. The van der Waals surface area contributed by atoms with E-state index in [1.54, 1.807) is 0 Å². The van der Waals surface area contributed by atoms with Crippen molar-refractivity contribution in [2.24, 2.45) is 0 Å². The molecule has 0 amide bonds. The van der Waals surface area contributed by atoms with Gasteiger partial charge < -0.3 is 13.7 Å². The van der Waals surface area contributed by atoms with E-state index in [1.807, 2.05) is 6.07 Å². The molecule has 11 rings (SSSR count). The van der Waals surface area contributed by atoms with Crippen molar-refractivity contribution in [1.29, 1.82) is 0 Å². The lowest BCUT2D eigenvalue weighted by molar-refractivity contribution is 0.559. The second kappa shape index (κ2) is 11.8. The van der Waals surface area contributed by atoms with E-state index in [1.165, 1.54) is 66.4 Å². The fourth-order valence-corrected chi connectivity index (χ4v) is 10.5. The molecule has 2 aliphatic carbocycles. The van der Waals surface area contributed by atoms with E-state index in [-0.39, 0.29) is 21.7 Å². The van der Waals surface area contributed by atoms with Crippen molar-refractivity contribution in [3.8, 4) is 22.3 Å². The highest BCUT2D eigenvalue weighted by atomic mass is 16.3. The van der Waals surface area contributed by atoms with Gasteiger partial charge in [0.15, 0.2) is 0 Å². The third-order valence-electron chi connectivity index (χ3n) is 13.7. The van der Waals surface area contributed by atoms with Gasteiger partial charge in [0, 0.05) is 54.9 Å². The number of anilines is 3. The van der Waals surface area contributed by atoms with Gasteiger partial charge in [0.1, 0.15) is 22.3 Å². The maximum Gasteiger partial charge on any atom is 0.139 e. The lowest BCUT2D eigenvalue weighted by Gasteiger charge is -2.30. The number of benzene rings is 7. The van der Waals surface area contributed by atoms with E-state index >= 15 is 0 Å². The van der Waals surface area contributed by atoms with Crippen LogP contribution in [-0.2, 0) is 21.7 Å². The topological polar surface area (TPSA) is 29.5 Å². The number of nitrogens with zero attached hydrogens (tertiary/aromatic N) is 1. The second-order valence-corrected chi connectivity index (χ2v) is 20.2. The van der Waals surface area contributed by atoms with Crippen LogP contribution in [0.15, 0.2) is 136 Å². The Kier molecular flexibility index (Phi) is 7.20. The largest absolute Gasteiger partial charge is 0.456 e. The Hall–Kier alpha value is -6.06. The molecule has 0 N–H and O–H groups in total. The maximum atomic E-state index is 7.02. The Morgan fingerprint density at radius 1 is 0.458 bits per heavy atom. The molecule has 9 aromatic rings. The number of furan rings is 2. The van der Waals surface area contributed by atoms with Crippen molar-refractivity contribution in [2.75, 3.05) is 4.90 Å². The first kappa shape index (κ1) is 36.1. The number of hydrogen-bond donors (Lipinski definition) is 0. The number of rotatable bonds is 3. The minimum atomic E-state index is -0.245. The Labute approximate surface area is 347 Å². The Balaban J connectivity index is 1.24. The van der Waals surface area contributed by atoms with Gasteiger partial charge in [-0.05, 0) is 110 Å². The van der Waals surface area contributed by atoms with Crippen LogP contribution in [0.25, 0.3) is 66.1 Å². The molecular weight excluding hydrogens is 719 g/mol. The van der Waals surface area contributed by atoms with Crippen molar-refractivity contribution in [1.82, 2.24) is 0 Å². The van der Waals surface area contributed by atoms with E-state index in [0.29, 0.717) is 0 Å². The van der Waals surface area contributed by atoms with E-state index in [9.17, 15) is 0 Å². The standard InChI is InChI=1S/C56H51NO2/c1-53(2,3)32-28-39-49-48(59-52(39)44(29-32)54(4,5)6)27-25-42-51(49)50-41(56(42,9)10)19-15-20-45(50)57(33-23-26-47-38(30-33)37-17-12-14-21-46(37)58-47)34-22-24-36-35-16-11-13-18-40(35)55(7,8)43(36)31-34/h11-31H,1-10H3. The summed E-state index contributed by atoms with van der Waals surface area (Å²) < 4.78 is 13.4. The second-order valence-electron chi connectivity index (χ2n) is 20.2. The molecule has 0 radical (unpaired) electrons. The van der Waals surface area contributed by atoms with Gasteiger partial charge in [0.05, 0.1) is 5.69 Å². The van der Waals surface area contributed by atoms with Gasteiger partial charge in [-0.25, -0.2) is 0 Å². The van der Waals surface area contributed by atoms with Gasteiger partial charge in [-0.15, -0.1) is 0 Å². The van der Waals surface area contributed by atoms with Gasteiger partial charge >= 0.3 is 0 Å². The van der Waals surface area contributed by atoms with Crippen molar-refractivity contribution >= 4 is 60.9 Å². The van der Waals surface area contributed by atoms with Gasteiger partial charge in [-0.2, -0.15) is 0 Å². The van der Waals surface area contributed by atoms with E-state index in [4.69, 9.17) is 8.83 Å². The van der Waals surface area contributed by atoms with Crippen LogP contribution in [-0.4, -0.2) is 0 Å². The van der Waals surface area contributed by atoms with Gasteiger partial charge in [0.2, 0.25) is 0 Å². The fraction of sp³-hybridized carbons (Fsp3) is 0.250. The molecule has 0 spiro atoms. The first-order valence-corrected chi connectivity index (χ1v) is 21.2. The summed E-state index contributed by atoms with van der Waals surface area (Å²) in [6.45, 7) is 23.4. The predicted molar refractivity (Wildman–Crippen MR) is 248 cm³/mol. The molecule has 0 aliphatic heterocycles. The lowest BCUT2D eigenvalue weighted by Crippen LogP contribution is -2.17. The molecule has 0 bridgehead atoms. The first-order chi connectivity index (χ1) is 28.0. The minimum absolute atomic E-state index is 0.0359. The van der Waals surface area contributed by atoms with Crippen molar-refractivity contribution in [3.05, 3.63) is 161 Å². The zero-order valence-electron chi connectivity index (χ0n) is 35.9. The van der Waals surface area contributed by atoms with Crippen LogP contribution in [0.2, 0.25) is 0 Å². The Morgan fingerprint density at radius 3 is 1.90 bits per heavy atom. The highest BCUT2D eigenvalue weighted by molar-refractivity contribution is 6.18. The molecule has 2 aromatic heterocycles. The van der Waals surface area contributed by atoms with Crippen LogP contribution in [0.4, 0.5) is 17.1 Å². The normalized spacial score (nSPS) is 15.2. The van der Waals surface area contributed by atoms with Crippen LogP contribution in [0.3, 0.4) is 0 Å². The molecule has 0 unspecified atom stereocenters. The fourth-order valence-electron chi connectivity index (χ4n) is 10.5. The molecule has 7 aromatic carbocycles. The number of para-hydroxylation sites is 1. The molecule has 2 aliphatic rings. The van der Waals surface area contributed by atoms with Crippen LogP contribution >= 0.6 is 0 Å². The van der Waals surface area contributed by atoms with E-state index in [0.717, 1.165) is 50.2 Å². The molecule has 0 fully saturated rings. The molecule has 3 nitrogen and oxygen atoms in total. The average Bonchev–Trinajstić information content (AvgIpc) is 3.89. The zero-order chi connectivity index (χ0) is 41.0. The average molecular weight is 770 g/mol. The van der Waals surface area contributed by atoms with Crippen molar-refractivity contribution in [2.45, 2.75) is 90.9 Å². The highest BCUT2D eigenvalue weighted by Gasteiger charge is 2.41. The van der Waals surface area contributed by atoms with Crippen LogP contribution < -0.4 is 4.90 Å². The summed E-state index contributed by atoms with van der Waals surface area (Å²) >= 11 is 0. The summed E-state index contributed by atoms with van der Waals surface area (Å²) in [6, 6.07) is 47.4. The summed E-state index contributed by atoms with van der Waals surface area (Å²) in [5, 5.41) is 4.63. The summed E-state index contributed by atoms with van der Waals surface area (Å²) in [7, 11) is 0. The van der Waals surface area contributed by atoms with Crippen LogP contribution in [0.5, 0.6) is 0 Å². The molecule has 292 valence electrons. The molecule has 0 saturated heterocycles. The summed E-state index contributed by atoms with van der Waals surface area (Å²) in [4.78, 5) is 2.51. The monoisotopic (exact) mass is 769 g/mol. The molecule has 59 heavy (non-hydrogen) atoms. The van der Waals surface area contributed by atoms with Gasteiger partial charge in [-0.3, -0.25) is 0 Å². The third kappa shape index (κ3) is 5.00. The number of fused-ring (bicyclic) bond motifs is 13. The summed E-state index contributed by atoms with van der Waals surface area (Å²) in [6.07, 6.45) is 0. The number of hydrogen-bond acceptors (Lipinski definition) is 3. The molecule has 0 saturated carbocycles. The minimum Gasteiger partial charge on any atom is -0.456 e. The highest BCUT2D eigenvalue weighted by Crippen LogP contribution is 2.59. The SMILES string of the molecule is CC(C)(C)c1cc(C(C)(C)C)c2oc3ccc4c(c3c2c1)-c1c(N(c2ccc3c(c2)C(C)(C)c2ccccc2-3)c2ccc3oc5ccccc5c3c2)cccc1C4(C)C. The van der Waals surface area contributed by atoms with Crippen LogP contribution in [0.1, 0.15) is 103 Å². The maximum absolute atomic E-state index is 7.02. The summed E-state index contributed by atoms with van der Waals surface area (Å²) in [5.74, 6) is 0. The zero-order valence-corrected chi connectivity index (χ0v) is 35.9. The predicted octanol–water partition coefficient (Wildman–Crippen LogP) is 16.2. The van der Waals surface area contributed by atoms with Crippen molar-refractivity contribution < 1.29 is 8.83 Å². The summed E-state index contributed by atoms with van der Waals surface area (Å²) in [5.41, 5.74) is 19.7. The third-order valence-corrected chi connectivity index (χ3v) is 13.7. The van der Waals surface area contributed by atoms with Crippen molar-refractivity contribution in [3.63, 3.8) is 0 Å². The van der Waals surface area contributed by atoms with E-state index in [2.05, 4.69) is 195 Å². The lowest BCUT2D eigenvalue weighted by atomic mass is 9.79. The van der Waals surface area contributed by atoms with Gasteiger partial charge in [-0.1, -0.05) is 142 Å². The smallest absolute Gasteiger partial charge is 0.139 e. The van der Waals surface area contributed by atoms with Crippen LogP contribution in [0, 0.1) is 0 Å².